The second-order valence-corrected chi connectivity index (χ2v) is 5.16. The lowest BCUT2D eigenvalue weighted by atomic mass is 10.2. The fourth-order valence-corrected chi connectivity index (χ4v) is 0.984. The number of nitrogens with one attached hydrogen (secondary N) is 1. The lowest BCUT2D eigenvalue weighted by Gasteiger charge is -2.03. The molecule has 8 nitrogen and oxygen atoms in total. The normalized spacial score (nSPS) is 7.80. The van der Waals surface area contributed by atoms with Crippen LogP contribution in [0.3, 0.4) is 0 Å². The predicted octanol–water partition coefficient (Wildman–Crippen LogP) is 3.99. The van der Waals surface area contributed by atoms with Crippen LogP contribution in [0.15, 0.2) is 73.9 Å². The highest BCUT2D eigenvalue weighted by Gasteiger charge is 2.01. The second kappa shape index (κ2) is 19.6. The van der Waals surface area contributed by atoms with Gasteiger partial charge in [-0.1, -0.05) is 26.3 Å². The molecule has 8 heteroatoms. The first-order valence-electron chi connectivity index (χ1n) is 8.41. The van der Waals surface area contributed by atoms with Gasteiger partial charge in [-0.3, -0.25) is 4.79 Å². The predicted molar refractivity (Wildman–Crippen MR) is 117 cm³/mol. The quantitative estimate of drug-likeness (QED) is 0.286. The number of phenols is 1. The van der Waals surface area contributed by atoms with Crippen LogP contribution in [0.4, 0.5) is 5.69 Å². The Morgan fingerprint density at radius 2 is 1.57 bits per heavy atom. The van der Waals surface area contributed by atoms with Gasteiger partial charge in [-0.05, 0) is 45.0 Å². The zero-order chi connectivity index (χ0) is 24.1. The number of phenolic OH excluding ortho intramolecular Hbond substituents is 1. The van der Waals surface area contributed by atoms with Crippen molar-refractivity contribution in [1.82, 2.24) is 0 Å². The summed E-state index contributed by atoms with van der Waals surface area (Å²) in [5.74, 6) is -1.34. The molecule has 1 rings (SSSR count). The van der Waals surface area contributed by atoms with Gasteiger partial charge in [0.15, 0.2) is 0 Å². The van der Waals surface area contributed by atoms with Gasteiger partial charge in [0.25, 0.3) is 5.91 Å². The molecule has 1 aromatic carbocycles. The molecule has 0 spiro atoms. The van der Waals surface area contributed by atoms with E-state index >= 15 is 0 Å². The monoisotopic (exact) mass is 416 g/mol. The number of hydrogen-bond acceptors (Lipinski definition) is 6. The number of nitriles is 1. The molecular weight excluding hydrogens is 388 g/mol. The van der Waals surface area contributed by atoms with E-state index in [1.807, 2.05) is 0 Å². The summed E-state index contributed by atoms with van der Waals surface area (Å²) in [6.07, 6.45) is 2.32. The molecule has 0 saturated heterocycles. The van der Waals surface area contributed by atoms with Crippen LogP contribution < -0.4 is 5.32 Å². The number of nitrogens with zero attached hydrogens (tertiary/aromatic N) is 1. The first kappa shape index (κ1) is 30.6. The summed E-state index contributed by atoms with van der Waals surface area (Å²) >= 11 is 0. The molecule has 0 aliphatic rings. The maximum Gasteiger partial charge on any atom is 0.330 e. The highest BCUT2D eigenvalue weighted by atomic mass is 16.5. The number of allylic oxidation sites excluding steroid dienone is 1. The van der Waals surface area contributed by atoms with Gasteiger partial charge in [0, 0.05) is 29.0 Å². The molecule has 0 aromatic heterocycles. The first-order chi connectivity index (χ1) is 14.0. The summed E-state index contributed by atoms with van der Waals surface area (Å²) in [5, 5.41) is 27.0. The summed E-state index contributed by atoms with van der Waals surface area (Å²) < 4.78 is 4.43. The molecule has 0 fully saturated rings. The molecule has 0 atom stereocenters. The summed E-state index contributed by atoms with van der Waals surface area (Å²) in [7, 11) is 0. The highest BCUT2D eigenvalue weighted by Crippen LogP contribution is 2.13. The van der Waals surface area contributed by atoms with Crippen molar-refractivity contribution in [3.05, 3.63) is 73.9 Å². The van der Waals surface area contributed by atoms with Gasteiger partial charge in [-0.25, -0.2) is 9.59 Å². The Labute approximate surface area is 177 Å². The minimum absolute atomic E-state index is 0.174. The van der Waals surface area contributed by atoms with E-state index in [0.717, 1.165) is 6.08 Å². The number of carboxylic acid groups (broad SMARTS) is 1. The molecule has 0 aliphatic heterocycles. The van der Waals surface area contributed by atoms with E-state index in [1.165, 1.54) is 25.1 Å². The van der Waals surface area contributed by atoms with Crippen molar-refractivity contribution in [3.63, 3.8) is 0 Å². The third-order valence-corrected chi connectivity index (χ3v) is 2.42. The van der Waals surface area contributed by atoms with E-state index in [4.69, 9.17) is 15.5 Å². The Hall–Kier alpha value is -4.12. The van der Waals surface area contributed by atoms with E-state index in [1.54, 1.807) is 32.0 Å². The maximum atomic E-state index is 11.1. The zero-order valence-electron chi connectivity index (χ0n) is 17.5. The van der Waals surface area contributed by atoms with Crippen molar-refractivity contribution in [3.8, 4) is 11.8 Å². The van der Waals surface area contributed by atoms with E-state index in [2.05, 4.69) is 36.4 Å². The van der Waals surface area contributed by atoms with Gasteiger partial charge in [0.2, 0.25) is 0 Å². The molecule has 3 N–H and O–H groups in total. The molecule has 0 radical (unpaired) electrons. The van der Waals surface area contributed by atoms with Crippen molar-refractivity contribution in [2.45, 2.75) is 20.8 Å². The van der Waals surface area contributed by atoms with Gasteiger partial charge >= 0.3 is 11.9 Å². The van der Waals surface area contributed by atoms with Gasteiger partial charge < -0.3 is 20.3 Å². The third kappa shape index (κ3) is 21.9. The number of ether oxygens (including phenoxy) is 1. The standard InChI is InChI=1S/C10H11NO2.C5H8O2.C4H6O2.C3H3N/c1-7(2)10(13)11-8-3-5-9(12)6-4-8;1-3-5(6)7-4-2;1-3(2)4(5)6;1-2-3-4/h3-6,12H,1H2,2H3,(H,11,13);3H,1,4H2,2H3;1H2,2H3,(H,5,6);2H,1H2. The van der Waals surface area contributed by atoms with E-state index in [-0.39, 0.29) is 23.2 Å². The molecule has 162 valence electrons. The minimum Gasteiger partial charge on any atom is -0.508 e. The zero-order valence-corrected chi connectivity index (χ0v) is 17.5. The van der Waals surface area contributed by atoms with Crippen molar-refractivity contribution in [2.75, 3.05) is 11.9 Å². The SMILES string of the molecule is C=C(C)C(=O)Nc1ccc(O)cc1.C=C(C)C(=O)O.C=CC#N.C=CC(=O)OCC. The number of anilines is 1. The maximum absolute atomic E-state index is 11.1. The number of aliphatic carboxylic acids is 1. The number of hydrogen-bond donors (Lipinski definition) is 3. The first-order valence-corrected chi connectivity index (χ1v) is 8.41. The summed E-state index contributed by atoms with van der Waals surface area (Å²) in [6, 6.07) is 7.95. The van der Waals surface area contributed by atoms with Crippen molar-refractivity contribution < 1.29 is 29.3 Å². The molecule has 0 bridgehead atoms. The van der Waals surface area contributed by atoms with Crippen LogP contribution in [0.25, 0.3) is 0 Å². The fourth-order valence-electron chi connectivity index (χ4n) is 0.984. The molecule has 30 heavy (non-hydrogen) atoms. The molecule has 1 aromatic rings. The summed E-state index contributed by atoms with van der Waals surface area (Å²) in [4.78, 5) is 30.8. The number of carboxylic acids is 1. The van der Waals surface area contributed by atoms with Crippen LogP contribution in [0.5, 0.6) is 5.75 Å². The fraction of sp³-hybridized carbons (Fsp3) is 0.182. The number of carbonyl (C=O) groups excluding carboxylic acids is 2. The smallest absolute Gasteiger partial charge is 0.330 e. The third-order valence-electron chi connectivity index (χ3n) is 2.42. The van der Waals surface area contributed by atoms with E-state index in [0.29, 0.717) is 17.9 Å². The number of aromatic hydroxyl groups is 1. The highest BCUT2D eigenvalue weighted by molar-refractivity contribution is 6.02. The lowest BCUT2D eigenvalue weighted by molar-refractivity contribution is -0.137. The Kier molecular flexibility index (Phi) is 20.0. The average Bonchev–Trinajstić information content (AvgIpc) is 2.70. The lowest BCUT2D eigenvalue weighted by Crippen LogP contribution is -2.11. The van der Waals surface area contributed by atoms with Crippen LogP contribution in [-0.2, 0) is 19.1 Å². The van der Waals surface area contributed by atoms with E-state index < -0.39 is 5.97 Å². The molecule has 0 unspecified atom stereocenters. The molecule has 0 heterocycles. The van der Waals surface area contributed by atoms with Gasteiger partial charge in [-0.2, -0.15) is 5.26 Å². The summed E-state index contributed by atoms with van der Waals surface area (Å²) in [5.41, 5.74) is 1.27. The number of carbonyl (C=O) groups is 3. The van der Waals surface area contributed by atoms with Crippen molar-refractivity contribution in [1.29, 1.82) is 5.26 Å². The van der Waals surface area contributed by atoms with Gasteiger partial charge in [0.05, 0.1) is 12.7 Å². The van der Waals surface area contributed by atoms with Crippen LogP contribution in [0.2, 0.25) is 0 Å². The minimum atomic E-state index is -0.935. The van der Waals surface area contributed by atoms with Gasteiger partial charge in [0.1, 0.15) is 5.75 Å². The Balaban J connectivity index is -0.000000364. The number of benzene rings is 1. The van der Waals surface area contributed by atoms with Crippen molar-refractivity contribution >= 4 is 23.5 Å². The van der Waals surface area contributed by atoms with Crippen LogP contribution in [0, 0.1) is 11.3 Å². The number of rotatable bonds is 5. The van der Waals surface area contributed by atoms with E-state index in [9.17, 15) is 14.4 Å². The average molecular weight is 416 g/mol. The molecule has 0 aliphatic carbocycles. The van der Waals surface area contributed by atoms with Crippen LogP contribution in [-0.4, -0.2) is 34.7 Å². The summed E-state index contributed by atoms with van der Waals surface area (Å²) in [6.45, 7) is 18.2. The molecule has 0 saturated carbocycles. The Bertz CT molecular complexity index is 762. The van der Waals surface area contributed by atoms with Crippen LogP contribution in [0.1, 0.15) is 20.8 Å². The number of esters is 1. The van der Waals surface area contributed by atoms with Gasteiger partial charge in [-0.15, -0.1) is 0 Å². The number of amides is 1. The Morgan fingerprint density at radius 3 is 1.80 bits per heavy atom. The topological polar surface area (TPSA) is 137 Å². The van der Waals surface area contributed by atoms with Crippen molar-refractivity contribution in [2.24, 2.45) is 0 Å². The van der Waals surface area contributed by atoms with Crippen LogP contribution >= 0.6 is 0 Å². The molecule has 1 amide bonds. The largest absolute Gasteiger partial charge is 0.508 e. The second-order valence-electron chi connectivity index (χ2n) is 5.16. The Morgan fingerprint density at radius 1 is 1.13 bits per heavy atom. The molecular formula is C22H28N2O6.